The summed E-state index contributed by atoms with van der Waals surface area (Å²) in [7, 11) is 0. The quantitative estimate of drug-likeness (QED) is 0.473. The number of halogens is 1. The molecule has 2 saturated heterocycles. The summed E-state index contributed by atoms with van der Waals surface area (Å²) in [6, 6.07) is 11.6. The standard InChI is InChI=1S/C23H26ClN3O4/c24-18-6-9-22(21(16-18)27(29)30)31-20-7-4-17(5-8-20)23(28)26-14-10-19(11-15-26)25-12-2-1-3-13-25/h4-9,16,19H,1-3,10-15H2. The van der Waals surface area contributed by atoms with Gasteiger partial charge < -0.3 is 14.5 Å². The van der Waals surface area contributed by atoms with E-state index in [0.717, 1.165) is 25.9 Å². The first kappa shape index (κ1) is 21.6. The second kappa shape index (κ2) is 9.66. The van der Waals surface area contributed by atoms with Crippen molar-refractivity contribution in [1.82, 2.24) is 9.80 Å². The molecule has 0 radical (unpaired) electrons. The molecule has 2 aromatic rings. The maximum Gasteiger partial charge on any atom is 0.313 e. The SMILES string of the molecule is O=C(c1ccc(Oc2ccc(Cl)cc2[N+](=O)[O-])cc1)N1CCC(N2CCCCC2)CC1. The molecule has 8 heteroatoms. The summed E-state index contributed by atoms with van der Waals surface area (Å²) in [5.41, 5.74) is 0.388. The zero-order valence-electron chi connectivity index (χ0n) is 17.3. The van der Waals surface area contributed by atoms with Gasteiger partial charge in [-0.05, 0) is 75.2 Å². The number of carbonyl (C=O) groups excluding carboxylic acids is 1. The molecule has 0 N–H and O–H groups in total. The van der Waals surface area contributed by atoms with Gasteiger partial charge in [-0.25, -0.2) is 0 Å². The molecule has 164 valence electrons. The minimum atomic E-state index is -0.535. The molecule has 0 spiro atoms. The highest BCUT2D eigenvalue weighted by molar-refractivity contribution is 6.30. The lowest BCUT2D eigenvalue weighted by molar-refractivity contribution is -0.385. The van der Waals surface area contributed by atoms with E-state index in [0.29, 0.717) is 17.4 Å². The number of nitro groups is 1. The van der Waals surface area contributed by atoms with Gasteiger partial charge in [0.25, 0.3) is 5.91 Å². The topological polar surface area (TPSA) is 75.9 Å². The molecule has 0 atom stereocenters. The van der Waals surface area contributed by atoms with Crippen molar-refractivity contribution < 1.29 is 14.5 Å². The van der Waals surface area contributed by atoms with Crippen molar-refractivity contribution in [2.75, 3.05) is 26.2 Å². The summed E-state index contributed by atoms with van der Waals surface area (Å²) in [6.45, 7) is 3.92. The number of benzene rings is 2. The molecular formula is C23H26ClN3O4. The lowest BCUT2D eigenvalue weighted by atomic mass is 9.99. The molecule has 1 amide bonds. The maximum atomic E-state index is 12.9. The second-order valence-electron chi connectivity index (χ2n) is 8.12. The fourth-order valence-electron chi connectivity index (χ4n) is 4.41. The van der Waals surface area contributed by atoms with Crippen LogP contribution in [0.2, 0.25) is 5.02 Å². The van der Waals surface area contributed by atoms with Crippen LogP contribution in [-0.4, -0.2) is 52.9 Å². The highest BCUT2D eigenvalue weighted by atomic mass is 35.5. The molecule has 2 aliphatic heterocycles. The van der Waals surface area contributed by atoms with Gasteiger partial charge in [0.05, 0.1) is 4.92 Å². The van der Waals surface area contributed by atoms with E-state index in [1.807, 2.05) is 4.90 Å². The number of likely N-dealkylation sites (tertiary alicyclic amines) is 2. The van der Waals surface area contributed by atoms with E-state index >= 15 is 0 Å². The van der Waals surface area contributed by atoms with Crippen LogP contribution in [0.3, 0.4) is 0 Å². The van der Waals surface area contributed by atoms with Crippen LogP contribution in [0.15, 0.2) is 42.5 Å². The number of piperidine rings is 2. The number of hydrogen-bond acceptors (Lipinski definition) is 5. The molecule has 0 aliphatic carbocycles. The average Bonchev–Trinajstić information content (AvgIpc) is 2.81. The minimum absolute atomic E-state index is 0.0149. The zero-order valence-corrected chi connectivity index (χ0v) is 18.1. The van der Waals surface area contributed by atoms with Gasteiger partial charge in [-0.1, -0.05) is 18.0 Å². The van der Waals surface area contributed by atoms with Crippen LogP contribution in [0.4, 0.5) is 5.69 Å². The third-order valence-corrected chi connectivity index (χ3v) is 6.34. The van der Waals surface area contributed by atoms with E-state index in [1.54, 1.807) is 24.3 Å². The lowest BCUT2D eigenvalue weighted by Gasteiger charge is -2.40. The van der Waals surface area contributed by atoms with Gasteiger partial charge in [0.1, 0.15) is 5.75 Å². The normalized spacial score (nSPS) is 18.0. The number of nitrogens with zero attached hydrogens (tertiary/aromatic N) is 3. The Bertz CT molecular complexity index is 936. The van der Waals surface area contributed by atoms with Crippen molar-refractivity contribution in [1.29, 1.82) is 0 Å². The van der Waals surface area contributed by atoms with Crippen LogP contribution in [0.1, 0.15) is 42.5 Å². The third kappa shape index (κ3) is 5.17. The second-order valence-corrected chi connectivity index (χ2v) is 8.55. The summed E-state index contributed by atoms with van der Waals surface area (Å²) in [5.74, 6) is 0.542. The summed E-state index contributed by atoms with van der Waals surface area (Å²) in [5, 5.41) is 11.5. The molecule has 0 bridgehead atoms. The van der Waals surface area contributed by atoms with Crippen LogP contribution < -0.4 is 4.74 Å². The van der Waals surface area contributed by atoms with Gasteiger partial charge in [0, 0.05) is 35.8 Å². The van der Waals surface area contributed by atoms with E-state index in [1.165, 1.54) is 50.6 Å². The molecule has 4 rings (SSSR count). The Morgan fingerprint density at radius 3 is 2.32 bits per heavy atom. The third-order valence-electron chi connectivity index (χ3n) is 6.11. The fraction of sp³-hybridized carbons (Fsp3) is 0.435. The summed E-state index contributed by atoms with van der Waals surface area (Å²) in [6.07, 6.45) is 5.94. The van der Waals surface area contributed by atoms with Crippen LogP contribution >= 0.6 is 11.6 Å². The fourth-order valence-corrected chi connectivity index (χ4v) is 4.58. The van der Waals surface area contributed by atoms with Gasteiger partial charge in [-0.3, -0.25) is 14.9 Å². The first-order valence-electron chi connectivity index (χ1n) is 10.8. The van der Waals surface area contributed by atoms with Gasteiger partial charge in [-0.2, -0.15) is 0 Å². The highest BCUT2D eigenvalue weighted by Crippen LogP contribution is 2.33. The van der Waals surface area contributed by atoms with Crippen molar-refractivity contribution in [3.63, 3.8) is 0 Å². The Morgan fingerprint density at radius 2 is 1.68 bits per heavy atom. The number of ether oxygens (including phenoxy) is 1. The lowest BCUT2D eigenvalue weighted by Crippen LogP contribution is -2.48. The molecule has 2 aromatic carbocycles. The maximum absolute atomic E-state index is 12.9. The van der Waals surface area contributed by atoms with Gasteiger partial charge in [-0.15, -0.1) is 0 Å². The van der Waals surface area contributed by atoms with Crippen LogP contribution in [0, 0.1) is 10.1 Å². The first-order valence-corrected chi connectivity index (χ1v) is 11.1. The number of rotatable bonds is 5. The van der Waals surface area contributed by atoms with Crippen molar-refractivity contribution in [3.05, 3.63) is 63.2 Å². The molecule has 0 saturated carbocycles. The monoisotopic (exact) mass is 443 g/mol. The number of hydrogen-bond donors (Lipinski definition) is 0. The van der Waals surface area contributed by atoms with Crippen molar-refractivity contribution >= 4 is 23.2 Å². The Kier molecular flexibility index (Phi) is 6.73. The van der Waals surface area contributed by atoms with Gasteiger partial charge in [0.15, 0.2) is 0 Å². The minimum Gasteiger partial charge on any atom is -0.450 e. The smallest absolute Gasteiger partial charge is 0.313 e. The van der Waals surface area contributed by atoms with Gasteiger partial charge >= 0.3 is 5.69 Å². The van der Waals surface area contributed by atoms with E-state index in [2.05, 4.69) is 4.90 Å². The van der Waals surface area contributed by atoms with E-state index in [-0.39, 0.29) is 22.4 Å². The van der Waals surface area contributed by atoms with E-state index in [4.69, 9.17) is 16.3 Å². The highest BCUT2D eigenvalue weighted by Gasteiger charge is 2.28. The molecule has 0 unspecified atom stereocenters. The average molecular weight is 444 g/mol. The Labute approximate surface area is 186 Å². The van der Waals surface area contributed by atoms with E-state index in [9.17, 15) is 14.9 Å². The summed E-state index contributed by atoms with van der Waals surface area (Å²) < 4.78 is 5.66. The molecule has 7 nitrogen and oxygen atoms in total. The Hall–Kier alpha value is -2.64. The summed E-state index contributed by atoms with van der Waals surface area (Å²) in [4.78, 5) is 28.1. The zero-order chi connectivity index (χ0) is 21.8. The summed E-state index contributed by atoms with van der Waals surface area (Å²) >= 11 is 5.84. The number of nitro benzene ring substituents is 1. The largest absolute Gasteiger partial charge is 0.450 e. The number of carbonyl (C=O) groups is 1. The first-order chi connectivity index (χ1) is 15.0. The molecule has 2 heterocycles. The van der Waals surface area contributed by atoms with Crippen LogP contribution in [0.25, 0.3) is 0 Å². The number of amides is 1. The Balaban J connectivity index is 1.36. The molecule has 2 aliphatic rings. The molecule has 2 fully saturated rings. The Morgan fingerprint density at radius 1 is 1.00 bits per heavy atom. The molecular weight excluding hydrogens is 418 g/mol. The van der Waals surface area contributed by atoms with Crippen molar-refractivity contribution in [3.8, 4) is 11.5 Å². The van der Waals surface area contributed by atoms with E-state index < -0.39 is 4.92 Å². The van der Waals surface area contributed by atoms with Crippen molar-refractivity contribution in [2.24, 2.45) is 0 Å². The predicted molar refractivity (Wildman–Crippen MR) is 119 cm³/mol. The van der Waals surface area contributed by atoms with Crippen LogP contribution in [0.5, 0.6) is 11.5 Å². The molecule has 31 heavy (non-hydrogen) atoms. The predicted octanol–water partition coefficient (Wildman–Crippen LogP) is 5.13. The van der Waals surface area contributed by atoms with Crippen LogP contribution in [-0.2, 0) is 0 Å². The molecule has 0 aromatic heterocycles. The van der Waals surface area contributed by atoms with Crippen molar-refractivity contribution in [2.45, 2.75) is 38.1 Å². The van der Waals surface area contributed by atoms with Gasteiger partial charge in [0.2, 0.25) is 5.75 Å².